The fourth-order valence-corrected chi connectivity index (χ4v) is 3.33. The molecule has 194 valence electrons. The number of carbonyl (C=O) groups excluding carboxylic acids is 4. The first kappa shape index (κ1) is 28.0. The van der Waals surface area contributed by atoms with E-state index in [9.17, 15) is 19.2 Å². The quantitative estimate of drug-likeness (QED) is 0.236. The number of amides is 2. The Bertz CT molecular complexity index is 1280. The minimum atomic E-state index is -0.174. The number of rotatable bonds is 10. The first-order chi connectivity index (χ1) is 18.1. The van der Waals surface area contributed by atoms with Crippen LogP contribution in [0.3, 0.4) is 0 Å². The molecule has 0 unspecified atom stereocenters. The van der Waals surface area contributed by atoms with Crippen molar-refractivity contribution in [2.24, 2.45) is 11.8 Å². The zero-order valence-electron chi connectivity index (χ0n) is 22.0. The summed E-state index contributed by atoms with van der Waals surface area (Å²) in [5.74, 6) is -0.867. The third-order valence-corrected chi connectivity index (χ3v) is 5.67. The van der Waals surface area contributed by atoms with Crippen molar-refractivity contribution in [1.82, 2.24) is 0 Å². The molecule has 0 spiro atoms. The third-order valence-electron chi connectivity index (χ3n) is 5.67. The van der Waals surface area contributed by atoms with Gasteiger partial charge in [0.2, 0.25) is 11.8 Å². The molecule has 0 aliphatic carbocycles. The molecule has 0 atom stereocenters. The van der Waals surface area contributed by atoms with Crippen molar-refractivity contribution in [3.8, 4) is 0 Å². The number of benzene rings is 3. The molecular weight excluding hydrogens is 476 g/mol. The van der Waals surface area contributed by atoms with Gasteiger partial charge in [-0.3, -0.25) is 19.2 Å². The number of hydrogen-bond acceptors (Lipinski definition) is 4. The van der Waals surface area contributed by atoms with Gasteiger partial charge in [-0.05, 0) is 47.5 Å². The van der Waals surface area contributed by atoms with Gasteiger partial charge in [0.15, 0.2) is 11.6 Å². The van der Waals surface area contributed by atoms with Crippen molar-refractivity contribution < 1.29 is 19.2 Å². The second-order valence-electron chi connectivity index (χ2n) is 9.51. The Kier molecular flexibility index (Phi) is 9.66. The Morgan fingerprint density at radius 2 is 0.947 bits per heavy atom. The van der Waals surface area contributed by atoms with Crippen LogP contribution in [0.4, 0.5) is 11.4 Å². The van der Waals surface area contributed by atoms with Gasteiger partial charge in [0.05, 0.1) is 0 Å². The lowest BCUT2D eigenvalue weighted by Crippen LogP contribution is -2.17. The van der Waals surface area contributed by atoms with Crippen LogP contribution in [0.25, 0.3) is 12.2 Å². The molecule has 0 radical (unpaired) electrons. The van der Waals surface area contributed by atoms with E-state index in [1.807, 2.05) is 24.3 Å². The van der Waals surface area contributed by atoms with Crippen LogP contribution >= 0.6 is 0 Å². The first-order valence-electron chi connectivity index (χ1n) is 12.5. The van der Waals surface area contributed by atoms with E-state index in [2.05, 4.69) is 10.6 Å². The molecule has 0 fully saturated rings. The Morgan fingerprint density at radius 1 is 0.579 bits per heavy atom. The molecule has 0 aliphatic rings. The van der Waals surface area contributed by atoms with E-state index in [-0.39, 0.29) is 35.2 Å². The molecule has 0 saturated carbocycles. The van der Waals surface area contributed by atoms with Crippen LogP contribution in [0.1, 0.15) is 59.5 Å². The van der Waals surface area contributed by atoms with Crippen LogP contribution in [0.2, 0.25) is 0 Å². The monoisotopic (exact) mass is 508 g/mol. The summed E-state index contributed by atoms with van der Waals surface area (Å²) >= 11 is 0. The van der Waals surface area contributed by atoms with Crippen molar-refractivity contribution >= 4 is 46.9 Å². The first-order valence-corrected chi connectivity index (χ1v) is 12.5. The average Bonchev–Trinajstić information content (AvgIpc) is 2.91. The largest absolute Gasteiger partial charge is 0.326 e. The highest BCUT2D eigenvalue weighted by atomic mass is 16.2. The van der Waals surface area contributed by atoms with Gasteiger partial charge in [-0.25, -0.2) is 0 Å². The van der Waals surface area contributed by atoms with Gasteiger partial charge in [-0.15, -0.1) is 0 Å². The van der Waals surface area contributed by atoms with E-state index in [0.29, 0.717) is 22.5 Å². The lowest BCUT2D eigenvalue weighted by molar-refractivity contribution is -0.119. The molecular formula is C32H32N2O4. The molecule has 3 aromatic carbocycles. The molecule has 38 heavy (non-hydrogen) atoms. The highest BCUT2D eigenvalue weighted by Gasteiger charge is 2.10. The Morgan fingerprint density at radius 3 is 1.29 bits per heavy atom. The molecule has 6 heteroatoms. The number of ketones is 2. The topological polar surface area (TPSA) is 92.3 Å². The van der Waals surface area contributed by atoms with Gasteiger partial charge < -0.3 is 10.6 Å². The van der Waals surface area contributed by atoms with E-state index >= 15 is 0 Å². The Balaban J connectivity index is 1.61. The van der Waals surface area contributed by atoms with Crippen molar-refractivity contribution in [3.63, 3.8) is 0 Å². The SMILES string of the molecule is CC(C)C(=O)Nc1cccc(C(=O)/C=C/c2ccc(/C=C/C(=O)c3cccc(NC(=O)C(C)C)c3)cc2)c1. The Hall–Kier alpha value is -4.58. The summed E-state index contributed by atoms with van der Waals surface area (Å²) in [5, 5.41) is 5.60. The van der Waals surface area contributed by atoms with Crippen LogP contribution in [0.5, 0.6) is 0 Å². The van der Waals surface area contributed by atoms with Gasteiger partial charge in [-0.1, -0.05) is 88.4 Å². The predicted octanol–water partition coefficient (Wildman–Crippen LogP) is 6.67. The summed E-state index contributed by atoms with van der Waals surface area (Å²) in [4.78, 5) is 49.0. The summed E-state index contributed by atoms with van der Waals surface area (Å²) in [7, 11) is 0. The molecule has 0 bridgehead atoms. The van der Waals surface area contributed by atoms with Crippen molar-refractivity contribution in [3.05, 3.63) is 107 Å². The molecule has 3 aromatic rings. The van der Waals surface area contributed by atoms with E-state index in [1.165, 1.54) is 12.2 Å². The maximum atomic E-state index is 12.6. The summed E-state index contributed by atoms with van der Waals surface area (Å²) < 4.78 is 0. The molecule has 2 N–H and O–H groups in total. The van der Waals surface area contributed by atoms with Gasteiger partial charge in [0.25, 0.3) is 0 Å². The highest BCUT2D eigenvalue weighted by molar-refractivity contribution is 6.08. The summed E-state index contributed by atoms with van der Waals surface area (Å²) in [5.41, 5.74) is 3.79. The lowest BCUT2D eigenvalue weighted by Gasteiger charge is -2.08. The zero-order valence-corrected chi connectivity index (χ0v) is 22.0. The summed E-state index contributed by atoms with van der Waals surface area (Å²) in [6.07, 6.45) is 6.42. The lowest BCUT2D eigenvalue weighted by atomic mass is 10.1. The van der Waals surface area contributed by atoms with Crippen molar-refractivity contribution in [2.45, 2.75) is 27.7 Å². The normalized spacial score (nSPS) is 11.3. The van der Waals surface area contributed by atoms with Crippen molar-refractivity contribution in [2.75, 3.05) is 10.6 Å². The summed E-state index contributed by atoms with van der Waals surface area (Å²) in [6, 6.07) is 21.1. The van der Waals surface area contributed by atoms with Crippen LogP contribution in [0, 0.1) is 11.8 Å². The van der Waals surface area contributed by atoms with Crippen molar-refractivity contribution in [1.29, 1.82) is 0 Å². The smallest absolute Gasteiger partial charge is 0.226 e. The van der Waals surface area contributed by atoms with Gasteiger partial charge >= 0.3 is 0 Å². The van der Waals surface area contributed by atoms with E-state index in [4.69, 9.17) is 0 Å². The van der Waals surface area contributed by atoms with Gasteiger partial charge in [-0.2, -0.15) is 0 Å². The fraction of sp³-hybridized carbons (Fsp3) is 0.188. The van der Waals surface area contributed by atoms with E-state index in [1.54, 1.807) is 88.4 Å². The van der Waals surface area contributed by atoms with Crippen LogP contribution < -0.4 is 10.6 Å². The molecule has 0 aliphatic heterocycles. The minimum absolute atomic E-state index is 0.107. The Labute approximate surface area is 223 Å². The van der Waals surface area contributed by atoms with Gasteiger partial charge in [0.1, 0.15) is 0 Å². The van der Waals surface area contributed by atoms with E-state index < -0.39 is 0 Å². The maximum Gasteiger partial charge on any atom is 0.226 e. The highest BCUT2D eigenvalue weighted by Crippen LogP contribution is 2.16. The molecule has 2 amide bonds. The molecule has 0 aromatic heterocycles. The second kappa shape index (κ2) is 13.1. The molecule has 6 nitrogen and oxygen atoms in total. The predicted molar refractivity (Wildman–Crippen MR) is 153 cm³/mol. The number of allylic oxidation sites excluding steroid dienone is 2. The standard InChI is InChI=1S/C32H32N2O4/c1-21(2)31(37)33-27-9-5-7-25(19-27)29(35)17-15-23-11-13-24(14-12-23)16-18-30(36)26-8-6-10-28(20-26)34-32(38)22(3)4/h5-22H,1-4H3,(H,33,37)(H,34,38)/b17-15+,18-16+. The van der Waals surface area contributed by atoms with Gasteiger partial charge in [0, 0.05) is 34.3 Å². The van der Waals surface area contributed by atoms with Crippen LogP contribution in [-0.2, 0) is 9.59 Å². The average molecular weight is 509 g/mol. The van der Waals surface area contributed by atoms with Crippen LogP contribution in [0.15, 0.2) is 84.9 Å². The molecule has 0 heterocycles. The number of hydrogen-bond donors (Lipinski definition) is 2. The number of carbonyl (C=O) groups is 4. The van der Waals surface area contributed by atoms with Crippen LogP contribution in [-0.4, -0.2) is 23.4 Å². The fourth-order valence-electron chi connectivity index (χ4n) is 3.33. The zero-order chi connectivity index (χ0) is 27.7. The maximum absolute atomic E-state index is 12.6. The number of nitrogens with one attached hydrogen (secondary N) is 2. The summed E-state index contributed by atoms with van der Waals surface area (Å²) in [6.45, 7) is 7.23. The third kappa shape index (κ3) is 8.23. The number of anilines is 2. The minimum Gasteiger partial charge on any atom is -0.326 e. The second-order valence-corrected chi connectivity index (χ2v) is 9.51. The molecule has 0 saturated heterocycles. The van der Waals surface area contributed by atoms with E-state index in [0.717, 1.165) is 11.1 Å². The molecule has 3 rings (SSSR count).